The van der Waals surface area contributed by atoms with Crippen LogP contribution < -0.4 is 5.32 Å². The molecule has 0 saturated carbocycles. The first-order valence-corrected chi connectivity index (χ1v) is 11.7. The van der Waals surface area contributed by atoms with E-state index in [1.807, 2.05) is 30.3 Å². The summed E-state index contributed by atoms with van der Waals surface area (Å²) in [6.45, 7) is 6.87. The van der Waals surface area contributed by atoms with Crippen LogP contribution in [0.1, 0.15) is 41.1 Å². The van der Waals surface area contributed by atoms with Gasteiger partial charge in [0.15, 0.2) is 5.11 Å². The Bertz CT molecular complexity index is 1360. The van der Waals surface area contributed by atoms with Gasteiger partial charge in [-0.2, -0.15) is 4.98 Å². The van der Waals surface area contributed by atoms with Crippen molar-refractivity contribution in [3.8, 4) is 11.4 Å². The van der Waals surface area contributed by atoms with E-state index >= 15 is 0 Å². The molecule has 5 nitrogen and oxygen atoms in total. The highest BCUT2D eigenvalue weighted by atomic mass is 32.1. The quantitative estimate of drug-likeness (QED) is 0.353. The van der Waals surface area contributed by atoms with Gasteiger partial charge in [-0.15, -0.1) is 0 Å². The third-order valence-electron chi connectivity index (χ3n) is 6.12. The van der Waals surface area contributed by atoms with Crippen molar-refractivity contribution in [3.05, 3.63) is 113 Å². The molecule has 170 valence electrons. The van der Waals surface area contributed by atoms with Crippen LogP contribution in [0.15, 0.2) is 89.1 Å². The minimum atomic E-state index is -0.186. The van der Waals surface area contributed by atoms with Gasteiger partial charge in [0, 0.05) is 17.8 Å². The standard InChI is InChI=1S/C28H26N4OS/c1-18-12-14-21(15-13-18)17-32-20(3)24(25(29-28(32)34)22-9-5-4-6-10-22)27-30-26(31-33-27)23-11-7-8-19(2)16-23/h4-16,25H,17H2,1-3H3,(H,29,34). The van der Waals surface area contributed by atoms with Crippen LogP contribution >= 0.6 is 12.2 Å². The maximum atomic E-state index is 5.84. The van der Waals surface area contributed by atoms with Gasteiger partial charge in [0.1, 0.15) is 0 Å². The largest absolute Gasteiger partial charge is 0.351 e. The van der Waals surface area contributed by atoms with Gasteiger partial charge in [-0.3, -0.25) is 0 Å². The zero-order valence-corrected chi connectivity index (χ0v) is 20.3. The van der Waals surface area contributed by atoms with Gasteiger partial charge in [-0.05, 0) is 50.2 Å². The average molecular weight is 467 g/mol. The van der Waals surface area contributed by atoms with Crippen LogP contribution in [0.5, 0.6) is 0 Å². The summed E-state index contributed by atoms with van der Waals surface area (Å²) in [4.78, 5) is 6.91. The maximum Gasteiger partial charge on any atom is 0.258 e. The van der Waals surface area contributed by atoms with Crippen molar-refractivity contribution in [3.63, 3.8) is 0 Å². The van der Waals surface area contributed by atoms with Crippen molar-refractivity contribution in [1.29, 1.82) is 0 Å². The summed E-state index contributed by atoms with van der Waals surface area (Å²) >= 11 is 5.82. The van der Waals surface area contributed by atoms with E-state index in [4.69, 9.17) is 21.7 Å². The molecule has 2 heterocycles. The number of nitrogens with zero attached hydrogens (tertiary/aromatic N) is 3. The molecule has 1 aliphatic heterocycles. The summed E-state index contributed by atoms with van der Waals surface area (Å²) in [7, 11) is 0. The van der Waals surface area contributed by atoms with E-state index in [2.05, 4.69) is 84.7 Å². The summed E-state index contributed by atoms with van der Waals surface area (Å²) in [6, 6.07) is 26.7. The van der Waals surface area contributed by atoms with Gasteiger partial charge in [0.05, 0.1) is 11.6 Å². The molecule has 0 saturated heterocycles. The molecule has 6 heteroatoms. The molecule has 34 heavy (non-hydrogen) atoms. The minimum Gasteiger partial charge on any atom is -0.351 e. The smallest absolute Gasteiger partial charge is 0.258 e. The lowest BCUT2D eigenvalue weighted by molar-refractivity contribution is 0.396. The molecule has 1 unspecified atom stereocenters. The van der Waals surface area contributed by atoms with Gasteiger partial charge in [-0.1, -0.05) is 89.1 Å². The first kappa shape index (κ1) is 22.0. The first-order chi connectivity index (χ1) is 16.5. The number of allylic oxidation sites excluding steroid dienone is 1. The SMILES string of the molecule is CC1=C(c2nc(-c3cccc(C)c3)no2)C(c2ccccc2)NC(=S)N1Cc1ccc(C)cc1. The molecule has 0 radical (unpaired) electrons. The Balaban J connectivity index is 1.59. The Morgan fingerprint density at radius 3 is 2.41 bits per heavy atom. The number of thiocarbonyl (C=S) groups is 1. The summed E-state index contributed by atoms with van der Waals surface area (Å²) in [6.07, 6.45) is 0. The molecule has 1 N–H and O–H groups in total. The number of hydrogen-bond acceptors (Lipinski definition) is 4. The van der Waals surface area contributed by atoms with E-state index in [-0.39, 0.29) is 6.04 Å². The summed E-state index contributed by atoms with van der Waals surface area (Å²) in [5.74, 6) is 1.07. The van der Waals surface area contributed by atoms with Gasteiger partial charge in [-0.25, -0.2) is 0 Å². The van der Waals surface area contributed by atoms with E-state index < -0.39 is 0 Å². The fraction of sp³-hybridized carbons (Fsp3) is 0.179. The average Bonchev–Trinajstić information content (AvgIpc) is 3.33. The maximum absolute atomic E-state index is 5.84. The molecule has 1 aliphatic rings. The van der Waals surface area contributed by atoms with Gasteiger partial charge in [0.2, 0.25) is 5.82 Å². The molecule has 0 spiro atoms. The van der Waals surface area contributed by atoms with Crippen LogP contribution in [0.3, 0.4) is 0 Å². The highest BCUT2D eigenvalue weighted by Gasteiger charge is 2.34. The lowest BCUT2D eigenvalue weighted by atomic mass is 9.94. The van der Waals surface area contributed by atoms with Crippen LogP contribution in [0, 0.1) is 13.8 Å². The first-order valence-electron chi connectivity index (χ1n) is 11.3. The van der Waals surface area contributed by atoms with Crippen LogP contribution in [-0.4, -0.2) is 20.2 Å². The number of aromatic nitrogens is 2. The normalized spacial score (nSPS) is 16.0. The molecule has 0 fully saturated rings. The van der Waals surface area contributed by atoms with E-state index in [1.165, 1.54) is 11.1 Å². The van der Waals surface area contributed by atoms with E-state index in [0.29, 0.717) is 23.4 Å². The molecule has 5 rings (SSSR count). The zero-order valence-electron chi connectivity index (χ0n) is 19.4. The van der Waals surface area contributed by atoms with E-state index in [9.17, 15) is 0 Å². The topological polar surface area (TPSA) is 54.2 Å². The number of nitrogens with one attached hydrogen (secondary N) is 1. The highest BCUT2D eigenvalue weighted by molar-refractivity contribution is 7.80. The van der Waals surface area contributed by atoms with Crippen LogP contribution in [0.2, 0.25) is 0 Å². The van der Waals surface area contributed by atoms with Gasteiger partial charge in [0.25, 0.3) is 5.89 Å². The fourth-order valence-corrected chi connectivity index (χ4v) is 4.57. The number of rotatable bonds is 5. The van der Waals surface area contributed by atoms with Crippen LogP contribution in [-0.2, 0) is 6.54 Å². The fourth-order valence-electron chi connectivity index (χ4n) is 4.25. The highest BCUT2D eigenvalue weighted by Crippen LogP contribution is 2.38. The summed E-state index contributed by atoms with van der Waals surface area (Å²) in [5, 5.41) is 8.50. The number of hydrogen-bond donors (Lipinski definition) is 1. The second-order valence-corrected chi connectivity index (χ2v) is 9.04. The molecule has 0 bridgehead atoms. The third-order valence-corrected chi connectivity index (χ3v) is 6.46. The van der Waals surface area contributed by atoms with E-state index in [1.54, 1.807) is 0 Å². The molecule has 1 atom stereocenters. The molecule has 0 amide bonds. The lowest BCUT2D eigenvalue weighted by Gasteiger charge is -2.37. The van der Waals surface area contributed by atoms with Crippen molar-refractivity contribution in [2.24, 2.45) is 0 Å². The van der Waals surface area contributed by atoms with Crippen LogP contribution in [0.25, 0.3) is 17.0 Å². The Morgan fingerprint density at radius 1 is 0.912 bits per heavy atom. The van der Waals surface area contributed by atoms with Gasteiger partial charge < -0.3 is 14.7 Å². The molecule has 0 aliphatic carbocycles. The van der Waals surface area contributed by atoms with Crippen molar-refractivity contribution in [2.75, 3.05) is 0 Å². The van der Waals surface area contributed by atoms with Crippen molar-refractivity contribution in [1.82, 2.24) is 20.4 Å². The lowest BCUT2D eigenvalue weighted by Crippen LogP contribution is -2.45. The van der Waals surface area contributed by atoms with Crippen LogP contribution in [0.4, 0.5) is 0 Å². The predicted molar refractivity (Wildman–Crippen MR) is 139 cm³/mol. The zero-order chi connectivity index (χ0) is 23.7. The summed E-state index contributed by atoms with van der Waals surface area (Å²) in [5.41, 5.74) is 7.50. The van der Waals surface area contributed by atoms with Crippen molar-refractivity contribution in [2.45, 2.75) is 33.4 Å². The Hall–Kier alpha value is -3.77. The predicted octanol–water partition coefficient (Wildman–Crippen LogP) is 6.22. The molecule has 1 aromatic heterocycles. The molecule has 4 aromatic rings. The molecule has 3 aromatic carbocycles. The van der Waals surface area contributed by atoms with Gasteiger partial charge >= 0.3 is 0 Å². The second kappa shape index (κ2) is 9.23. The third kappa shape index (κ3) is 4.37. The molecular weight excluding hydrogens is 440 g/mol. The Morgan fingerprint density at radius 2 is 1.68 bits per heavy atom. The Labute approximate surface area is 205 Å². The summed E-state index contributed by atoms with van der Waals surface area (Å²) < 4.78 is 5.84. The van der Waals surface area contributed by atoms with E-state index in [0.717, 1.165) is 28.0 Å². The Kier molecular flexibility index (Phi) is 5.99. The number of benzene rings is 3. The second-order valence-electron chi connectivity index (χ2n) is 8.66. The van der Waals surface area contributed by atoms with Crippen molar-refractivity contribution < 1.29 is 4.52 Å². The monoisotopic (exact) mass is 466 g/mol. The minimum absolute atomic E-state index is 0.186. The number of aryl methyl sites for hydroxylation is 2. The molecular formula is C28H26N4OS. The van der Waals surface area contributed by atoms with Crippen molar-refractivity contribution >= 4 is 22.9 Å².